The number of aromatic nitrogens is 6. The first-order valence-electron chi connectivity index (χ1n) is 20.8. The summed E-state index contributed by atoms with van der Waals surface area (Å²) < 4.78 is 11.9. The van der Waals surface area contributed by atoms with E-state index in [1.165, 1.54) is 6.07 Å². The number of carbonyl (C=O) groups excluding carboxylic acids is 2. The zero-order valence-electron chi connectivity index (χ0n) is 38.9. The Morgan fingerprint density at radius 1 is 0.716 bits per heavy atom. The van der Waals surface area contributed by atoms with Crippen molar-refractivity contribution in [2.45, 2.75) is 34.0 Å². The molecule has 17 nitrogen and oxygen atoms in total. The average molecular weight is 1050 g/mol. The molecule has 7 N–H and O–H groups in total. The number of hydrogen-bond donors (Lipinski definition) is 4. The highest BCUT2D eigenvalue weighted by atomic mass is 79.9. The van der Waals surface area contributed by atoms with Gasteiger partial charge in [-0.25, -0.2) is 15.0 Å². The van der Waals surface area contributed by atoms with Crippen LogP contribution < -0.4 is 11.9 Å². The van der Waals surface area contributed by atoms with E-state index in [4.69, 9.17) is 30.1 Å². The fourth-order valence-corrected chi connectivity index (χ4v) is 6.85. The Morgan fingerprint density at radius 2 is 1.28 bits per heavy atom. The Morgan fingerprint density at radius 3 is 1.87 bits per heavy atom. The van der Waals surface area contributed by atoms with Crippen molar-refractivity contribution < 1.29 is 29.0 Å². The zero-order valence-corrected chi connectivity index (χ0v) is 42.0. The fraction of sp³-hybridized carbons (Fsp3) is 0.292. The third-order valence-electron chi connectivity index (χ3n) is 9.54. The number of fused-ring (bicyclic) bond motifs is 2. The van der Waals surface area contributed by atoms with Crippen LogP contribution in [0.5, 0.6) is 0 Å². The number of aliphatic carboxylic acids is 1. The predicted octanol–water partition coefficient (Wildman–Crippen LogP) is 8.48. The van der Waals surface area contributed by atoms with Crippen LogP contribution in [0.3, 0.4) is 0 Å². The van der Waals surface area contributed by atoms with Crippen molar-refractivity contribution in [2.24, 2.45) is 5.73 Å². The summed E-state index contributed by atoms with van der Waals surface area (Å²) in [5, 5.41) is 7.42. The number of methoxy groups -OCH3 is 2. The molecule has 356 valence electrons. The summed E-state index contributed by atoms with van der Waals surface area (Å²) >= 11 is 6.76. The molecule has 0 fully saturated rings. The number of nitrogens with zero attached hydrogens (tertiary/aromatic N) is 8. The Bertz CT molecular complexity index is 2670. The molecule has 7 rings (SSSR count). The first kappa shape index (κ1) is 55.6. The van der Waals surface area contributed by atoms with E-state index >= 15 is 0 Å². The minimum Gasteiger partial charge on any atom is -0.481 e. The number of ether oxygens (including phenoxy) is 2. The molecule has 5 aromatic heterocycles. The Balaban J connectivity index is 0.000000266. The second-order valence-corrected chi connectivity index (χ2v) is 16.7. The highest BCUT2D eigenvalue weighted by Gasteiger charge is 2.21. The molecule has 0 aliphatic heterocycles. The number of carbonyl (C=O) groups is 3. The fourth-order valence-electron chi connectivity index (χ4n) is 6.21. The number of ketones is 2. The van der Waals surface area contributed by atoms with Gasteiger partial charge in [0.05, 0.1) is 72.0 Å². The summed E-state index contributed by atoms with van der Waals surface area (Å²) in [5.41, 5.74) is 14.4. The molecular weight excluding hydrogens is 986 g/mol. The van der Waals surface area contributed by atoms with Crippen LogP contribution in [0.1, 0.15) is 52.7 Å². The van der Waals surface area contributed by atoms with Gasteiger partial charge in [-0.2, -0.15) is 0 Å². The predicted molar refractivity (Wildman–Crippen MR) is 270 cm³/mol. The molecule has 0 aliphatic rings. The summed E-state index contributed by atoms with van der Waals surface area (Å²) in [7, 11) is 7.43. The number of H-pyrrole nitrogens is 1. The topological polar surface area (TPSA) is 241 Å². The van der Waals surface area contributed by atoms with E-state index in [2.05, 4.69) is 98.4 Å². The van der Waals surface area contributed by atoms with Gasteiger partial charge in [-0.15, -0.1) is 0 Å². The number of nitrogens with two attached hydrogens (primary N) is 1. The van der Waals surface area contributed by atoms with Crippen molar-refractivity contribution >= 4 is 71.5 Å². The van der Waals surface area contributed by atoms with E-state index in [1.807, 2.05) is 49.5 Å². The van der Waals surface area contributed by atoms with Crippen molar-refractivity contribution in [3.05, 3.63) is 135 Å². The monoisotopic (exact) mass is 1040 g/mol. The number of nitrogens with one attached hydrogen (secondary N) is 1. The van der Waals surface area contributed by atoms with Crippen molar-refractivity contribution in [3.63, 3.8) is 0 Å². The smallest absolute Gasteiger partial charge is 0.300 e. The third kappa shape index (κ3) is 17.5. The Kier molecular flexibility index (Phi) is 23.6. The van der Waals surface area contributed by atoms with Crippen LogP contribution in [-0.2, 0) is 27.5 Å². The summed E-state index contributed by atoms with van der Waals surface area (Å²) in [4.78, 5) is 65.9. The van der Waals surface area contributed by atoms with Gasteiger partial charge in [-0.1, -0.05) is 50.2 Å². The van der Waals surface area contributed by atoms with Gasteiger partial charge in [-0.3, -0.25) is 39.1 Å². The van der Waals surface area contributed by atoms with Gasteiger partial charge in [0.2, 0.25) is 5.78 Å². The van der Waals surface area contributed by atoms with Crippen molar-refractivity contribution in [3.8, 4) is 22.6 Å². The normalized spacial score (nSPS) is 10.7. The maximum absolute atomic E-state index is 12.5. The summed E-state index contributed by atoms with van der Waals surface area (Å²) in [5.74, 6) is -2.07. The maximum atomic E-state index is 12.5. The van der Waals surface area contributed by atoms with E-state index in [9.17, 15) is 9.59 Å². The largest absolute Gasteiger partial charge is 0.481 e. The molecule has 0 amide bonds. The third-order valence-corrected chi connectivity index (χ3v) is 10.4. The van der Waals surface area contributed by atoms with Gasteiger partial charge < -0.3 is 31.4 Å². The lowest BCUT2D eigenvalue weighted by Gasteiger charge is -2.29. The van der Waals surface area contributed by atoms with E-state index in [-0.39, 0.29) is 11.8 Å². The lowest BCUT2D eigenvalue weighted by molar-refractivity contribution is -0.134. The van der Waals surface area contributed by atoms with Gasteiger partial charge in [-0.05, 0) is 119 Å². The van der Waals surface area contributed by atoms with E-state index in [1.54, 1.807) is 63.3 Å². The number of pyridine rings is 4. The number of imidazole rings is 1. The molecular formula is C48H59Br2N11O6. The number of carboxylic acid groups (broad SMARTS) is 1. The molecule has 19 heteroatoms. The van der Waals surface area contributed by atoms with Gasteiger partial charge >= 0.3 is 0 Å². The molecule has 0 saturated carbocycles. The van der Waals surface area contributed by atoms with Crippen LogP contribution in [0.15, 0.2) is 113 Å². The van der Waals surface area contributed by atoms with Crippen LogP contribution in [0.2, 0.25) is 0 Å². The average Bonchev–Trinajstić information content (AvgIpc) is 3.81. The zero-order chi connectivity index (χ0) is 48.2. The SMILES string of the molecule is CC(=O)O.CCN(C)CN(CC)CN(C)CN.COCc1cccc(-c2nc[nH]c2-c2ccc3ncc(Br)cc3n2)c1.COCc1cccc(C(=O)C(=O)c2ccc3ncc(Br)cc3n2)c1.N. The maximum Gasteiger partial charge on any atom is 0.300 e. The van der Waals surface area contributed by atoms with Crippen molar-refractivity contribution in [2.75, 3.05) is 61.4 Å². The summed E-state index contributed by atoms with van der Waals surface area (Å²) in [6, 6.07) is 25.8. The quantitative estimate of drug-likeness (QED) is 0.0403. The molecule has 0 saturated heterocycles. The number of hydrogen-bond acceptors (Lipinski definition) is 15. The number of halogens is 2. The standard InChI is InChI=1S/C19H15BrN4O.C18H13BrN2O3.C9H24N4.C2H4O2.H3N/c1-25-10-12-3-2-4-13(7-12)18-19(23-11-22-18)16-6-5-15-17(24-16)8-14(20)9-21-15;1-24-10-11-3-2-4-12(7-11)17(22)18(23)15-6-5-14-16(21-15)8-13(19)9-20-14;1-5-11(3)8-13(6-2)9-12(4)7-10;1-2(3)4;/h2-9,11H,10H2,1H3,(H,22,23);2-9H,10H2,1H3;5-10H2,1-4H3;1H3,(H,3,4);1H3. The van der Waals surface area contributed by atoms with Crippen LogP contribution in [0, 0.1) is 0 Å². The van der Waals surface area contributed by atoms with E-state index in [0.717, 1.165) is 87.1 Å². The van der Waals surface area contributed by atoms with Gasteiger partial charge in [0, 0.05) is 60.3 Å². The molecule has 2 aromatic carbocycles. The molecule has 0 aliphatic carbocycles. The van der Waals surface area contributed by atoms with E-state index < -0.39 is 17.5 Å². The van der Waals surface area contributed by atoms with Crippen LogP contribution in [0.4, 0.5) is 0 Å². The van der Waals surface area contributed by atoms with Gasteiger partial charge in [0.1, 0.15) is 5.69 Å². The molecule has 0 radical (unpaired) electrons. The number of aromatic amines is 1. The van der Waals surface area contributed by atoms with Crippen molar-refractivity contribution in [1.82, 2.24) is 50.8 Å². The summed E-state index contributed by atoms with van der Waals surface area (Å²) in [6.45, 7) is 11.1. The number of benzene rings is 2. The molecule has 5 heterocycles. The molecule has 0 bridgehead atoms. The first-order valence-corrected chi connectivity index (χ1v) is 22.4. The van der Waals surface area contributed by atoms with Gasteiger partial charge in [0.15, 0.2) is 0 Å². The molecule has 0 atom stereocenters. The van der Waals surface area contributed by atoms with E-state index in [0.29, 0.717) is 36.5 Å². The molecule has 7 aromatic rings. The molecule has 0 spiro atoms. The highest BCUT2D eigenvalue weighted by Crippen LogP contribution is 2.30. The summed E-state index contributed by atoms with van der Waals surface area (Å²) in [6.07, 6.45) is 5.11. The highest BCUT2D eigenvalue weighted by molar-refractivity contribution is 9.10. The lowest BCUT2D eigenvalue weighted by atomic mass is 10.0. The van der Waals surface area contributed by atoms with Crippen LogP contribution in [0.25, 0.3) is 44.7 Å². The van der Waals surface area contributed by atoms with Crippen LogP contribution >= 0.6 is 31.9 Å². The Labute approximate surface area is 408 Å². The molecule has 67 heavy (non-hydrogen) atoms. The number of rotatable bonds is 16. The Hall–Kier alpha value is -5.74. The number of carboxylic acids is 1. The first-order chi connectivity index (χ1) is 31.7. The minimum atomic E-state index is -0.833. The minimum absolute atomic E-state index is 0. The number of Topliss-reactive ketones (excluding diaryl/α,β-unsaturated/α-hetero) is 2. The lowest BCUT2D eigenvalue weighted by Crippen LogP contribution is -2.43. The molecule has 0 unspecified atom stereocenters. The second-order valence-electron chi connectivity index (χ2n) is 14.8. The second kappa shape index (κ2) is 28.4. The van der Waals surface area contributed by atoms with Gasteiger partial charge in [0.25, 0.3) is 11.8 Å². The van der Waals surface area contributed by atoms with Crippen LogP contribution in [-0.4, -0.2) is 129 Å². The van der Waals surface area contributed by atoms with Crippen molar-refractivity contribution in [1.29, 1.82) is 0 Å².